The van der Waals surface area contributed by atoms with Crippen LogP contribution in [-0.4, -0.2) is 27.8 Å². The molecule has 2 amide bonds. The number of hydrogen-bond donors (Lipinski definition) is 3. The Hall–Kier alpha value is -3.81. The summed E-state index contributed by atoms with van der Waals surface area (Å²) in [6.45, 7) is 0. The third kappa shape index (κ3) is 6.12. The van der Waals surface area contributed by atoms with E-state index in [4.69, 9.17) is 0 Å². The van der Waals surface area contributed by atoms with Crippen LogP contribution in [-0.2, 0) is 4.79 Å². The summed E-state index contributed by atoms with van der Waals surface area (Å²) in [5.41, 5.74) is 1.77. The minimum Gasteiger partial charge on any atom is -0.353 e. The lowest BCUT2D eigenvalue weighted by atomic mass is 9.97. The van der Waals surface area contributed by atoms with E-state index in [9.17, 15) is 14.0 Å². The van der Waals surface area contributed by atoms with Crippen molar-refractivity contribution < 1.29 is 14.0 Å². The van der Waals surface area contributed by atoms with Crippen LogP contribution in [0.5, 0.6) is 0 Å². The van der Waals surface area contributed by atoms with Crippen molar-refractivity contribution in [1.82, 2.24) is 15.3 Å². The Morgan fingerprint density at radius 1 is 1.00 bits per heavy atom. The van der Waals surface area contributed by atoms with Crippen LogP contribution in [0.3, 0.4) is 0 Å². The highest BCUT2D eigenvalue weighted by Gasteiger charge is 2.27. The SMILES string of the molecule is O=C(N[C@@H](CC1CCCC1)C(=O)Nc1cccnc1)c1cccc(Nc2ccncc2F)c1. The molecule has 7 nitrogen and oxygen atoms in total. The van der Waals surface area contributed by atoms with Gasteiger partial charge in [0.05, 0.1) is 23.8 Å². The number of aromatic nitrogens is 2. The van der Waals surface area contributed by atoms with E-state index >= 15 is 0 Å². The minimum atomic E-state index is -0.671. The zero-order valence-electron chi connectivity index (χ0n) is 18.1. The molecule has 2 heterocycles. The number of amides is 2. The maximum Gasteiger partial charge on any atom is 0.252 e. The number of pyridine rings is 2. The maximum absolute atomic E-state index is 13.9. The van der Waals surface area contributed by atoms with E-state index in [0.717, 1.165) is 31.9 Å². The molecule has 3 N–H and O–H groups in total. The van der Waals surface area contributed by atoms with Gasteiger partial charge in [0.25, 0.3) is 5.91 Å². The van der Waals surface area contributed by atoms with Crippen LogP contribution >= 0.6 is 0 Å². The van der Waals surface area contributed by atoms with Crippen molar-refractivity contribution in [3.8, 4) is 0 Å². The van der Waals surface area contributed by atoms with E-state index < -0.39 is 11.9 Å². The second-order valence-electron chi connectivity index (χ2n) is 8.20. The lowest BCUT2D eigenvalue weighted by molar-refractivity contribution is -0.118. The van der Waals surface area contributed by atoms with Crippen LogP contribution in [0, 0.1) is 11.7 Å². The second kappa shape index (κ2) is 10.7. The summed E-state index contributed by atoms with van der Waals surface area (Å²) in [7, 11) is 0. The summed E-state index contributed by atoms with van der Waals surface area (Å²) in [5.74, 6) is -0.719. The van der Waals surface area contributed by atoms with E-state index in [-0.39, 0.29) is 17.5 Å². The molecule has 33 heavy (non-hydrogen) atoms. The topological polar surface area (TPSA) is 96.0 Å². The number of benzene rings is 1. The molecule has 0 aliphatic heterocycles. The van der Waals surface area contributed by atoms with Crippen molar-refractivity contribution in [3.63, 3.8) is 0 Å². The predicted molar refractivity (Wildman–Crippen MR) is 125 cm³/mol. The Balaban J connectivity index is 1.47. The molecular weight excluding hydrogens is 421 g/mol. The Morgan fingerprint density at radius 3 is 2.55 bits per heavy atom. The lowest BCUT2D eigenvalue weighted by Gasteiger charge is -2.21. The zero-order valence-corrected chi connectivity index (χ0v) is 18.1. The molecule has 0 unspecified atom stereocenters. The summed E-state index contributed by atoms with van der Waals surface area (Å²) < 4.78 is 13.9. The molecule has 4 rings (SSSR count). The van der Waals surface area contributed by atoms with Gasteiger partial charge < -0.3 is 16.0 Å². The lowest BCUT2D eigenvalue weighted by Crippen LogP contribution is -2.44. The van der Waals surface area contributed by atoms with Crippen LogP contribution in [0.1, 0.15) is 42.5 Å². The zero-order chi connectivity index (χ0) is 23.0. The highest BCUT2D eigenvalue weighted by atomic mass is 19.1. The van der Waals surface area contributed by atoms with Crippen molar-refractivity contribution in [2.45, 2.75) is 38.1 Å². The number of halogens is 1. The number of carbonyl (C=O) groups is 2. The fourth-order valence-corrected chi connectivity index (χ4v) is 4.09. The van der Waals surface area contributed by atoms with Crippen LogP contribution in [0.2, 0.25) is 0 Å². The van der Waals surface area contributed by atoms with E-state index in [1.54, 1.807) is 48.8 Å². The molecule has 1 fully saturated rings. The molecule has 1 aliphatic carbocycles. The Morgan fingerprint density at radius 2 is 1.79 bits per heavy atom. The fourth-order valence-electron chi connectivity index (χ4n) is 4.09. The van der Waals surface area contributed by atoms with Crippen LogP contribution in [0.25, 0.3) is 0 Å². The Labute approximate surface area is 191 Å². The molecule has 170 valence electrons. The van der Waals surface area contributed by atoms with Crippen molar-refractivity contribution in [1.29, 1.82) is 0 Å². The maximum atomic E-state index is 13.9. The molecule has 0 bridgehead atoms. The van der Waals surface area contributed by atoms with Crippen molar-refractivity contribution in [2.24, 2.45) is 5.92 Å². The first-order chi connectivity index (χ1) is 16.1. The van der Waals surface area contributed by atoms with Crippen molar-refractivity contribution in [2.75, 3.05) is 10.6 Å². The third-order valence-electron chi connectivity index (χ3n) is 5.77. The average Bonchev–Trinajstić information content (AvgIpc) is 3.34. The number of anilines is 3. The predicted octanol–water partition coefficient (Wildman–Crippen LogP) is 4.68. The highest BCUT2D eigenvalue weighted by Crippen LogP contribution is 2.29. The van der Waals surface area contributed by atoms with Gasteiger partial charge in [-0.2, -0.15) is 0 Å². The number of hydrogen-bond acceptors (Lipinski definition) is 5. The molecule has 0 saturated heterocycles. The molecule has 1 atom stereocenters. The van der Waals surface area contributed by atoms with Crippen LogP contribution in [0.4, 0.5) is 21.5 Å². The van der Waals surface area contributed by atoms with Gasteiger partial charge in [-0.05, 0) is 48.7 Å². The average molecular weight is 448 g/mol. The van der Waals surface area contributed by atoms with E-state index in [1.807, 2.05) is 0 Å². The number of nitrogens with one attached hydrogen (secondary N) is 3. The van der Waals surface area contributed by atoms with Gasteiger partial charge in [-0.1, -0.05) is 31.7 Å². The molecule has 3 aromatic rings. The third-order valence-corrected chi connectivity index (χ3v) is 5.77. The van der Waals surface area contributed by atoms with Gasteiger partial charge in [0.15, 0.2) is 5.82 Å². The quantitative estimate of drug-likeness (QED) is 0.466. The van der Waals surface area contributed by atoms with E-state index in [0.29, 0.717) is 29.3 Å². The monoisotopic (exact) mass is 447 g/mol. The standard InChI is InChI=1S/C25H26FN5O2/c26-21-16-28-12-10-22(21)29-19-8-3-7-18(14-19)24(32)31-23(13-17-5-1-2-6-17)25(33)30-20-9-4-11-27-15-20/h3-4,7-12,14-17,23H,1-2,5-6,13H2,(H,28,29)(H,30,33)(H,31,32)/t23-/m0/s1. The second-order valence-corrected chi connectivity index (χ2v) is 8.20. The summed E-state index contributed by atoms with van der Waals surface area (Å²) in [6.07, 6.45) is 10.8. The molecule has 0 spiro atoms. The fraction of sp³-hybridized carbons (Fsp3) is 0.280. The molecule has 1 saturated carbocycles. The Bertz CT molecular complexity index is 1100. The van der Waals surface area contributed by atoms with Gasteiger partial charge in [0, 0.05) is 23.6 Å². The minimum absolute atomic E-state index is 0.262. The summed E-state index contributed by atoms with van der Waals surface area (Å²) in [5, 5.41) is 8.70. The molecule has 2 aromatic heterocycles. The first kappa shape index (κ1) is 22.4. The van der Waals surface area contributed by atoms with Gasteiger partial charge in [0.1, 0.15) is 6.04 Å². The molecule has 1 aliphatic rings. The first-order valence-electron chi connectivity index (χ1n) is 11.1. The van der Waals surface area contributed by atoms with E-state index in [2.05, 4.69) is 25.9 Å². The highest BCUT2D eigenvalue weighted by molar-refractivity contribution is 6.01. The van der Waals surface area contributed by atoms with Gasteiger partial charge in [-0.3, -0.25) is 19.6 Å². The molecule has 0 radical (unpaired) electrons. The van der Waals surface area contributed by atoms with Gasteiger partial charge >= 0.3 is 0 Å². The summed E-state index contributed by atoms with van der Waals surface area (Å²) in [6, 6.07) is 11.1. The summed E-state index contributed by atoms with van der Waals surface area (Å²) in [4.78, 5) is 33.8. The number of nitrogens with zero attached hydrogens (tertiary/aromatic N) is 2. The van der Waals surface area contributed by atoms with Crippen molar-refractivity contribution in [3.05, 3.63) is 78.6 Å². The van der Waals surface area contributed by atoms with Crippen LogP contribution < -0.4 is 16.0 Å². The largest absolute Gasteiger partial charge is 0.353 e. The number of carbonyl (C=O) groups excluding carboxylic acids is 2. The number of rotatable bonds is 8. The van der Waals surface area contributed by atoms with Gasteiger partial charge in [-0.15, -0.1) is 0 Å². The van der Waals surface area contributed by atoms with Gasteiger partial charge in [0.2, 0.25) is 5.91 Å². The van der Waals surface area contributed by atoms with Crippen LogP contribution in [0.15, 0.2) is 67.3 Å². The molecular formula is C25H26FN5O2. The van der Waals surface area contributed by atoms with E-state index in [1.165, 1.54) is 12.3 Å². The smallest absolute Gasteiger partial charge is 0.252 e. The Kier molecular flexibility index (Phi) is 7.24. The first-order valence-corrected chi connectivity index (χ1v) is 11.1. The van der Waals surface area contributed by atoms with Crippen molar-refractivity contribution >= 4 is 28.9 Å². The normalized spacial score (nSPS) is 14.5. The molecule has 1 aromatic carbocycles. The molecule has 8 heteroatoms. The summed E-state index contributed by atoms with van der Waals surface area (Å²) >= 11 is 0. The van der Waals surface area contributed by atoms with Gasteiger partial charge in [-0.25, -0.2) is 4.39 Å².